The Morgan fingerprint density at radius 3 is 2.39 bits per heavy atom. The molecule has 0 saturated heterocycles. The number of hydrogen-bond donors (Lipinski definition) is 1. The lowest BCUT2D eigenvalue weighted by atomic mass is 10.3. The molecule has 0 fully saturated rings. The Morgan fingerprint density at radius 2 is 1.83 bits per heavy atom. The largest absolute Gasteiger partial charge is 0.489 e. The van der Waals surface area contributed by atoms with E-state index < -0.39 is 0 Å². The molecule has 3 nitrogen and oxygen atoms in total. The molecule has 1 aromatic carbocycles. The summed E-state index contributed by atoms with van der Waals surface area (Å²) >= 11 is 12.0. The predicted molar refractivity (Wildman–Crippen MR) is 75.8 cm³/mol. The maximum atomic E-state index is 8.94. The van der Waals surface area contributed by atoms with Crippen molar-refractivity contribution in [2.24, 2.45) is 0 Å². The highest BCUT2D eigenvalue weighted by Crippen LogP contribution is 2.32. The third-order valence-corrected chi connectivity index (χ3v) is 3.12. The highest BCUT2D eigenvalue weighted by atomic mass is 35.5. The standard InChI is InChI=1S/C13H19Cl2NO2/c1-2-6-16(7-9-17)8-10-18-13-11(14)4-3-5-12(13)15/h3-5,17H,2,6-10H2,1H3. The highest BCUT2D eigenvalue weighted by Gasteiger charge is 2.08. The second kappa shape index (κ2) is 8.59. The van der Waals surface area contributed by atoms with Gasteiger partial charge in [0.2, 0.25) is 0 Å². The molecular weight excluding hydrogens is 273 g/mol. The van der Waals surface area contributed by atoms with Crippen LogP contribution in [0, 0.1) is 0 Å². The van der Waals surface area contributed by atoms with Crippen molar-refractivity contribution in [2.45, 2.75) is 13.3 Å². The van der Waals surface area contributed by atoms with Crippen molar-refractivity contribution in [1.29, 1.82) is 0 Å². The molecule has 1 N–H and O–H groups in total. The van der Waals surface area contributed by atoms with E-state index in [1.54, 1.807) is 18.2 Å². The van der Waals surface area contributed by atoms with Gasteiger partial charge in [-0.15, -0.1) is 0 Å². The second-order valence-electron chi connectivity index (χ2n) is 3.96. The predicted octanol–water partition coefficient (Wildman–Crippen LogP) is 3.08. The van der Waals surface area contributed by atoms with Gasteiger partial charge in [0.25, 0.3) is 0 Å². The quantitative estimate of drug-likeness (QED) is 0.799. The molecule has 0 aliphatic rings. The van der Waals surface area contributed by atoms with Crippen molar-refractivity contribution in [2.75, 3.05) is 32.8 Å². The molecule has 0 atom stereocenters. The molecule has 0 heterocycles. The molecule has 0 amide bonds. The van der Waals surface area contributed by atoms with Crippen LogP contribution >= 0.6 is 23.2 Å². The number of hydrogen-bond acceptors (Lipinski definition) is 3. The van der Waals surface area contributed by atoms with E-state index in [2.05, 4.69) is 11.8 Å². The topological polar surface area (TPSA) is 32.7 Å². The first kappa shape index (κ1) is 15.6. The van der Waals surface area contributed by atoms with Crippen LogP contribution in [0.4, 0.5) is 0 Å². The Labute approximate surface area is 118 Å². The van der Waals surface area contributed by atoms with Crippen LogP contribution in [0.3, 0.4) is 0 Å². The fourth-order valence-electron chi connectivity index (χ4n) is 1.69. The van der Waals surface area contributed by atoms with Gasteiger partial charge in [-0.3, -0.25) is 4.90 Å². The molecule has 0 radical (unpaired) electrons. The van der Waals surface area contributed by atoms with E-state index in [1.807, 2.05) is 0 Å². The van der Waals surface area contributed by atoms with E-state index >= 15 is 0 Å². The summed E-state index contributed by atoms with van der Waals surface area (Å²) in [5.41, 5.74) is 0. The number of ether oxygens (including phenoxy) is 1. The van der Waals surface area contributed by atoms with E-state index in [0.29, 0.717) is 28.9 Å². The zero-order chi connectivity index (χ0) is 13.4. The summed E-state index contributed by atoms with van der Waals surface area (Å²) < 4.78 is 5.60. The fraction of sp³-hybridized carbons (Fsp3) is 0.538. The van der Waals surface area contributed by atoms with E-state index in [1.165, 1.54) is 0 Å². The van der Waals surface area contributed by atoms with Crippen molar-refractivity contribution in [3.8, 4) is 5.75 Å². The van der Waals surface area contributed by atoms with Crippen LogP contribution < -0.4 is 4.74 Å². The Bertz CT molecular complexity index is 335. The van der Waals surface area contributed by atoms with Gasteiger partial charge in [-0.05, 0) is 25.1 Å². The van der Waals surface area contributed by atoms with Gasteiger partial charge in [-0.2, -0.15) is 0 Å². The smallest absolute Gasteiger partial charge is 0.156 e. The van der Waals surface area contributed by atoms with E-state index in [0.717, 1.165) is 19.5 Å². The van der Waals surface area contributed by atoms with Crippen LogP contribution in [0.5, 0.6) is 5.75 Å². The van der Waals surface area contributed by atoms with Crippen molar-refractivity contribution in [3.63, 3.8) is 0 Å². The molecule has 0 aliphatic heterocycles. The Hall–Kier alpha value is -0.480. The first-order valence-corrected chi connectivity index (χ1v) is 6.84. The fourth-order valence-corrected chi connectivity index (χ4v) is 2.20. The third kappa shape index (κ3) is 5.02. The first-order chi connectivity index (χ1) is 8.69. The maximum absolute atomic E-state index is 8.94. The van der Waals surface area contributed by atoms with Crippen molar-refractivity contribution in [3.05, 3.63) is 28.2 Å². The first-order valence-electron chi connectivity index (χ1n) is 6.09. The lowest BCUT2D eigenvalue weighted by Gasteiger charge is -2.20. The average Bonchev–Trinajstić information content (AvgIpc) is 2.33. The van der Waals surface area contributed by atoms with Crippen LogP contribution in [0.25, 0.3) is 0 Å². The summed E-state index contributed by atoms with van der Waals surface area (Å²) in [5.74, 6) is 0.529. The number of halogens is 2. The Balaban J connectivity index is 2.44. The normalized spacial score (nSPS) is 10.9. The molecule has 1 rings (SSSR count). The van der Waals surface area contributed by atoms with E-state index in [-0.39, 0.29) is 6.61 Å². The molecule has 0 aromatic heterocycles. The Kier molecular flexibility index (Phi) is 7.44. The van der Waals surface area contributed by atoms with Crippen LogP contribution in [0.2, 0.25) is 10.0 Å². The number of rotatable bonds is 8. The van der Waals surface area contributed by atoms with E-state index in [9.17, 15) is 0 Å². The van der Waals surface area contributed by atoms with Crippen molar-refractivity contribution in [1.82, 2.24) is 4.90 Å². The van der Waals surface area contributed by atoms with Gasteiger partial charge in [-0.25, -0.2) is 0 Å². The molecule has 0 bridgehead atoms. The van der Waals surface area contributed by atoms with Gasteiger partial charge < -0.3 is 9.84 Å². The zero-order valence-electron chi connectivity index (χ0n) is 10.5. The molecule has 1 aromatic rings. The summed E-state index contributed by atoms with van der Waals surface area (Å²) in [5, 5.41) is 9.98. The lowest BCUT2D eigenvalue weighted by Crippen LogP contribution is -2.31. The number of para-hydroxylation sites is 1. The summed E-state index contributed by atoms with van der Waals surface area (Å²) in [6, 6.07) is 5.29. The van der Waals surface area contributed by atoms with Crippen molar-refractivity contribution >= 4 is 23.2 Å². The van der Waals surface area contributed by atoms with Crippen LogP contribution in [0.15, 0.2) is 18.2 Å². The van der Waals surface area contributed by atoms with Gasteiger partial charge in [0.15, 0.2) is 5.75 Å². The molecule has 102 valence electrons. The SMILES string of the molecule is CCCN(CCO)CCOc1c(Cl)cccc1Cl. The van der Waals surface area contributed by atoms with Gasteiger partial charge >= 0.3 is 0 Å². The maximum Gasteiger partial charge on any atom is 0.156 e. The molecular formula is C13H19Cl2NO2. The van der Waals surface area contributed by atoms with Gasteiger partial charge in [0.1, 0.15) is 6.61 Å². The monoisotopic (exact) mass is 291 g/mol. The minimum Gasteiger partial charge on any atom is -0.489 e. The second-order valence-corrected chi connectivity index (χ2v) is 4.78. The highest BCUT2D eigenvalue weighted by molar-refractivity contribution is 6.37. The minimum absolute atomic E-state index is 0.160. The minimum atomic E-state index is 0.160. The van der Waals surface area contributed by atoms with Gasteiger partial charge in [0, 0.05) is 13.1 Å². The summed E-state index contributed by atoms with van der Waals surface area (Å²) in [4.78, 5) is 2.14. The summed E-state index contributed by atoms with van der Waals surface area (Å²) in [7, 11) is 0. The molecule has 0 saturated carbocycles. The van der Waals surface area contributed by atoms with Gasteiger partial charge in [-0.1, -0.05) is 36.2 Å². The molecule has 5 heteroatoms. The molecule has 0 unspecified atom stereocenters. The average molecular weight is 292 g/mol. The summed E-state index contributed by atoms with van der Waals surface area (Å²) in [6.45, 7) is 5.12. The van der Waals surface area contributed by atoms with Crippen molar-refractivity contribution < 1.29 is 9.84 Å². The van der Waals surface area contributed by atoms with Gasteiger partial charge in [0.05, 0.1) is 16.7 Å². The molecule has 0 spiro atoms. The number of benzene rings is 1. The third-order valence-electron chi connectivity index (χ3n) is 2.53. The van der Waals surface area contributed by atoms with E-state index in [4.69, 9.17) is 33.0 Å². The number of aliphatic hydroxyl groups excluding tert-OH is 1. The molecule has 0 aliphatic carbocycles. The van der Waals surface area contributed by atoms with Crippen LogP contribution in [-0.4, -0.2) is 42.9 Å². The van der Waals surface area contributed by atoms with Crippen LogP contribution in [0.1, 0.15) is 13.3 Å². The molecule has 18 heavy (non-hydrogen) atoms. The zero-order valence-corrected chi connectivity index (χ0v) is 12.0. The van der Waals surface area contributed by atoms with Crippen LogP contribution in [-0.2, 0) is 0 Å². The lowest BCUT2D eigenvalue weighted by molar-refractivity contribution is 0.168. The number of aliphatic hydroxyl groups is 1. The summed E-state index contributed by atoms with van der Waals surface area (Å²) in [6.07, 6.45) is 1.05. The number of nitrogens with zero attached hydrogens (tertiary/aromatic N) is 1. The Morgan fingerprint density at radius 1 is 1.17 bits per heavy atom.